The molecule has 0 radical (unpaired) electrons. The molecule has 1 atom stereocenters. The van der Waals surface area contributed by atoms with Gasteiger partial charge in [-0.2, -0.15) is 0 Å². The van der Waals surface area contributed by atoms with Gasteiger partial charge in [0, 0.05) is 9.45 Å². The van der Waals surface area contributed by atoms with E-state index in [4.69, 9.17) is 23.2 Å². The van der Waals surface area contributed by atoms with Gasteiger partial charge in [0.05, 0.1) is 0 Å². The Hall–Kier alpha value is 0.200. The molecule has 14 heavy (non-hydrogen) atoms. The molecule has 0 heterocycles. The molecule has 0 spiro atoms. The zero-order valence-corrected chi connectivity index (χ0v) is 11.2. The van der Waals surface area contributed by atoms with E-state index in [1.807, 2.05) is 18.2 Å². The first-order valence-electron chi connectivity index (χ1n) is 4.05. The van der Waals surface area contributed by atoms with Crippen molar-refractivity contribution >= 4 is 51.6 Å². The maximum absolute atomic E-state index is 11.1. The van der Waals surface area contributed by atoms with E-state index in [0.717, 1.165) is 14.7 Å². The smallest absolute Gasteiger partial charge is 0.152 e. The second-order valence-corrected chi connectivity index (χ2v) is 4.83. The molecule has 1 rings (SSSR count). The summed E-state index contributed by atoms with van der Waals surface area (Å²) in [5, 5.41) is -0.550. The molecule has 0 aliphatic carbocycles. The average molecular weight is 343 g/mol. The Kier molecular flexibility index (Phi) is 4.67. The van der Waals surface area contributed by atoms with Crippen LogP contribution in [0.15, 0.2) is 18.2 Å². The van der Waals surface area contributed by atoms with Gasteiger partial charge in [-0.1, -0.05) is 12.1 Å². The van der Waals surface area contributed by atoms with Crippen molar-refractivity contribution in [3.8, 4) is 0 Å². The van der Waals surface area contributed by atoms with E-state index >= 15 is 0 Å². The number of Topliss-reactive ketones (excluding diaryl/α,β-unsaturated/α-hetero) is 1. The molecule has 0 saturated heterocycles. The van der Waals surface area contributed by atoms with Gasteiger partial charge in [-0.05, 0) is 46.7 Å². The predicted octanol–water partition coefficient (Wildman–Crippen LogP) is 3.90. The fourth-order valence-electron chi connectivity index (χ4n) is 1.08. The molecule has 4 heteroatoms. The van der Waals surface area contributed by atoms with Gasteiger partial charge in [0.15, 0.2) is 5.78 Å². The summed E-state index contributed by atoms with van der Waals surface area (Å²) in [6.07, 6.45) is 0. The molecular weight excluding hydrogens is 334 g/mol. The molecule has 0 saturated carbocycles. The van der Waals surface area contributed by atoms with Gasteiger partial charge >= 0.3 is 0 Å². The SMILES string of the molecule is CC(=O)C(Cl)c1ccc(CCl)cc1I. The molecule has 0 bridgehead atoms. The number of hydrogen-bond donors (Lipinski definition) is 0. The van der Waals surface area contributed by atoms with Crippen LogP contribution in [0.1, 0.15) is 23.4 Å². The summed E-state index contributed by atoms with van der Waals surface area (Å²) in [5.41, 5.74) is 1.89. The highest BCUT2D eigenvalue weighted by molar-refractivity contribution is 14.1. The molecule has 0 aromatic heterocycles. The molecule has 1 aromatic rings. The summed E-state index contributed by atoms with van der Waals surface area (Å²) < 4.78 is 0.982. The van der Waals surface area contributed by atoms with Crippen LogP contribution < -0.4 is 0 Å². The number of alkyl halides is 2. The number of carbonyl (C=O) groups excluding carboxylic acids is 1. The summed E-state index contributed by atoms with van der Waals surface area (Å²) in [6, 6.07) is 5.70. The summed E-state index contributed by atoms with van der Waals surface area (Å²) in [7, 11) is 0. The van der Waals surface area contributed by atoms with Crippen LogP contribution >= 0.6 is 45.8 Å². The minimum absolute atomic E-state index is 0.0387. The second-order valence-electron chi connectivity index (χ2n) is 2.96. The number of rotatable bonds is 3. The fraction of sp³-hybridized carbons (Fsp3) is 0.300. The maximum Gasteiger partial charge on any atom is 0.152 e. The number of carbonyl (C=O) groups is 1. The summed E-state index contributed by atoms with van der Waals surface area (Å²) >= 11 is 13.8. The molecule has 1 aromatic carbocycles. The van der Waals surface area contributed by atoms with Crippen LogP contribution in [0.25, 0.3) is 0 Å². The Bertz CT molecular complexity index is 352. The number of hydrogen-bond acceptors (Lipinski definition) is 1. The third kappa shape index (κ3) is 2.84. The lowest BCUT2D eigenvalue weighted by Crippen LogP contribution is -2.03. The van der Waals surface area contributed by atoms with Gasteiger partial charge in [-0.25, -0.2) is 0 Å². The van der Waals surface area contributed by atoms with E-state index in [9.17, 15) is 4.79 Å². The lowest BCUT2D eigenvalue weighted by molar-refractivity contribution is -0.116. The molecule has 0 N–H and O–H groups in total. The Morgan fingerprint density at radius 2 is 2.21 bits per heavy atom. The topological polar surface area (TPSA) is 17.1 Å². The third-order valence-corrected chi connectivity index (χ3v) is 3.63. The van der Waals surface area contributed by atoms with Gasteiger partial charge in [-0.15, -0.1) is 23.2 Å². The average Bonchev–Trinajstić information content (AvgIpc) is 2.16. The third-order valence-electron chi connectivity index (χ3n) is 1.85. The second kappa shape index (κ2) is 5.33. The first-order valence-corrected chi connectivity index (χ1v) is 6.10. The van der Waals surface area contributed by atoms with Crippen LogP contribution in [0.4, 0.5) is 0 Å². The quantitative estimate of drug-likeness (QED) is 0.601. The zero-order valence-electron chi connectivity index (χ0n) is 7.56. The van der Waals surface area contributed by atoms with Crippen LogP contribution in [-0.2, 0) is 10.7 Å². The van der Waals surface area contributed by atoms with Crippen molar-refractivity contribution in [1.82, 2.24) is 0 Å². The summed E-state index contributed by atoms with van der Waals surface area (Å²) in [5.74, 6) is 0.437. The zero-order chi connectivity index (χ0) is 10.7. The van der Waals surface area contributed by atoms with E-state index in [0.29, 0.717) is 5.88 Å². The standard InChI is InChI=1S/C10H9Cl2IO/c1-6(14)10(12)8-3-2-7(5-11)4-9(8)13/h2-4,10H,5H2,1H3. The van der Waals surface area contributed by atoms with Crippen LogP contribution in [-0.4, -0.2) is 5.78 Å². The van der Waals surface area contributed by atoms with Crippen molar-refractivity contribution in [3.05, 3.63) is 32.9 Å². The highest BCUT2D eigenvalue weighted by atomic mass is 127. The maximum atomic E-state index is 11.1. The highest BCUT2D eigenvalue weighted by Gasteiger charge is 2.15. The molecule has 1 nitrogen and oxygen atoms in total. The predicted molar refractivity (Wildman–Crippen MR) is 68.0 cm³/mol. The van der Waals surface area contributed by atoms with Gasteiger partial charge in [0.2, 0.25) is 0 Å². The minimum atomic E-state index is -0.550. The van der Waals surface area contributed by atoms with Crippen molar-refractivity contribution in [2.24, 2.45) is 0 Å². The van der Waals surface area contributed by atoms with Gasteiger partial charge in [0.25, 0.3) is 0 Å². The molecular formula is C10H9Cl2IO. The highest BCUT2D eigenvalue weighted by Crippen LogP contribution is 2.27. The number of ketones is 1. The Balaban J connectivity index is 3.05. The van der Waals surface area contributed by atoms with Crippen molar-refractivity contribution in [1.29, 1.82) is 0 Å². The lowest BCUT2D eigenvalue weighted by atomic mass is 10.1. The molecule has 1 unspecified atom stereocenters. The Morgan fingerprint density at radius 1 is 1.57 bits per heavy atom. The van der Waals surface area contributed by atoms with Crippen LogP contribution in [0.2, 0.25) is 0 Å². The number of benzene rings is 1. The summed E-state index contributed by atoms with van der Waals surface area (Å²) in [4.78, 5) is 11.1. The summed E-state index contributed by atoms with van der Waals surface area (Å²) in [6.45, 7) is 1.49. The van der Waals surface area contributed by atoms with Crippen LogP contribution in [0.3, 0.4) is 0 Å². The van der Waals surface area contributed by atoms with Crippen molar-refractivity contribution < 1.29 is 4.79 Å². The van der Waals surface area contributed by atoms with Gasteiger partial charge < -0.3 is 0 Å². The van der Waals surface area contributed by atoms with Crippen LogP contribution in [0, 0.1) is 3.57 Å². The first kappa shape index (κ1) is 12.3. The molecule has 0 fully saturated rings. The fourth-order valence-corrected chi connectivity index (χ4v) is 2.51. The van der Waals surface area contributed by atoms with E-state index in [-0.39, 0.29) is 5.78 Å². The van der Waals surface area contributed by atoms with E-state index < -0.39 is 5.38 Å². The lowest BCUT2D eigenvalue weighted by Gasteiger charge is -2.09. The number of halogens is 3. The molecule has 0 aliphatic heterocycles. The molecule has 0 aliphatic rings. The monoisotopic (exact) mass is 342 g/mol. The largest absolute Gasteiger partial charge is 0.298 e. The van der Waals surface area contributed by atoms with Gasteiger partial charge in [-0.3, -0.25) is 4.79 Å². The van der Waals surface area contributed by atoms with Gasteiger partial charge in [0.1, 0.15) is 5.38 Å². The van der Waals surface area contributed by atoms with E-state index in [1.54, 1.807) is 0 Å². The first-order chi connectivity index (χ1) is 6.56. The van der Waals surface area contributed by atoms with Crippen molar-refractivity contribution in [3.63, 3.8) is 0 Å². The van der Waals surface area contributed by atoms with Crippen molar-refractivity contribution in [2.75, 3.05) is 0 Å². The van der Waals surface area contributed by atoms with E-state index in [2.05, 4.69) is 22.6 Å². The molecule has 0 amide bonds. The Morgan fingerprint density at radius 3 is 2.64 bits per heavy atom. The van der Waals surface area contributed by atoms with Crippen molar-refractivity contribution in [2.45, 2.75) is 18.2 Å². The Labute approximate surface area is 107 Å². The molecule has 76 valence electrons. The minimum Gasteiger partial charge on any atom is -0.298 e. The van der Waals surface area contributed by atoms with E-state index in [1.165, 1.54) is 6.92 Å². The van der Waals surface area contributed by atoms with Crippen LogP contribution in [0.5, 0.6) is 0 Å². The normalized spacial score (nSPS) is 12.6.